The van der Waals surface area contributed by atoms with E-state index in [1.807, 2.05) is 0 Å². The zero-order chi connectivity index (χ0) is 9.10. The van der Waals surface area contributed by atoms with E-state index in [9.17, 15) is 0 Å². The van der Waals surface area contributed by atoms with E-state index in [-0.39, 0.29) is 6.04 Å². The van der Waals surface area contributed by atoms with E-state index < -0.39 is 0 Å². The van der Waals surface area contributed by atoms with Gasteiger partial charge in [0.2, 0.25) is 0 Å². The molecule has 13 heavy (non-hydrogen) atoms. The van der Waals surface area contributed by atoms with Crippen molar-refractivity contribution in [3.63, 3.8) is 0 Å². The number of aromatic nitrogens is 2. The molecule has 1 atom stereocenters. The molecule has 2 rings (SSSR count). The monoisotopic (exact) mass is 179 g/mol. The molecule has 0 amide bonds. The highest BCUT2D eigenvalue weighted by Crippen LogP contribution is 2.08. The first-order chi connectivity index (χ1) is 6.36. The van der Waals surface area contributed by atoms with E-state index in [1.165, 1.54) is 0 Å². The molecule has 5 heteroatoms. The molecule has 0 radical (unpaired) electrons. The fourth-order valence-corrected chi connectivity index (χ4v) is 1.39. The Kier molecular flexibility index (Phi) is 2.37. The predicted molar refractivity (Wildman–Crippen MR) is 50.1 cm³/mol. The highest BCUT2D eigenvalue weighted by atomic mass is 15.1. The Labute approximate surface area is 76.8 Å². The molecule has 0 spiro atoms. The van der Waals surface area contributed by atoms with Gasteiger partial charge >= 0.3 is 0 Å². The number of nitrogens with zero attached hydrogens (tertiary/aromatic N) is 2. The molecule has 1 saturated heterocycles. The van der Waals surface area contributed by atoms with Gasteiger partial charge in [0.1, 0.15) is 11.6 Å². The molecule has 1 fully saturated rings. The third-order valence-electron chi connectivity index (χ3n) is 2.05. The van der Waals surface area contributed by atoms with Crippen molar-refractivity contribution in [2.45, 2.75) is 6.04 Å². The predicted octanol–water partition coefficient (Wildman–Crippen LogP) is -0.707. The minimum atomic E-state index is 0.192. The topological polar surface area (TPSA) is 75.9 Å². The van der Waals surface area contributed by atoms with Crippen molar-refractivity contribution in [3.05, 3.63) is 18.1 Å². The third kappa shape index (κ3) is 1.93. The summed E-state index contributed by atoms with van der Waals surface area (Å²) in [7, 11) is 0. The number of rotatable bonds is 1. The number of nitrogens with two attached hydrogens (primary N) is 1. The van der Waals surface area contributed by atoms with E-state index in [0.717, 1.165) is 25.5 Å². The Balaban J connectivity index is 2.14. The Hall–Kier alpha value is -1.20. The van der Waals surface area contributed by atoms with Crippen molar-refractivity contribution in [3.8, 4) is 0 Å². The lowest BCUT2D eigenvalue weighted by Crippen LogP contribution is -2.43. The molecule has 0 aromatic carbocycles. The largest absolute Gasteiger partial charge is 0.384 e. The van der Waals surface area contributed by atoms with Crippen LogP contribution in [0.2, 0.25) is 0 Å². The lowest BCUT2D eigenvalue weighted by atomic mass is 10.2. The fraction of sp³-hybridized carbons (Fsp3) is 0.500. The Morgan fingerprint density at radius 2 is 2.38 bits per heavy atom. The van der Waals surface area contributed by atoms with Gasteiger partial charge in [-0.2, -0.15) is 0 Å². The van der Waals surface area contributed by atoms with Crippen molar-refractivity contribution in [2.75, 3.05) is 25.4 Å². The lowest BCUT2D eigenvalue weighted by Gasteiger charge is -2.23. The lowest BCUT2D eigenvalue weighted by molar-refractivity contribution is 0.415. The summed E-state index contributed by atoms with van der Waals surface area (Å²) >= 11 is 0. The highest BCUT2D eigenvalue weighted by Gasteiger charge is 2.16. The molecular formula is C8H13N5. The number of nitrogen functional groups attached to an aromatic ring is 1. The molecular weight excluding hydrogens is 166 g/mol. The number of hydrogen-bond donors (Lipinski definition) is 3. The second kappa shape index (κ2) is 3.68. The first-order valence-corrected chi connectivity index (χ1v) is 4.39. The van der Waals surface area contributed by atoms with Gasteiger partial charge in [-0.15, -0.1) is 0 Å². The summed E-state index contributed by atoms with van der Waals surface area (Å²) in [6.45, 7) is 2.81. The summed E-state index contributed by atoms with van der Waals surface area (Å²) < 4.78 is 0. The van der Waals surface area contributed by atoms with E-state index in [1.54, 1.807) is 12.3 Å². The van der Waals surface area contributed by atoms with Crippen LogP contribution in [-0.2, 0) is 0 Å². The second-order valence-corrected chi connectivity index (χ2v) is 3.05. The fourth-order valence-electron chi connectivity index (χ4n) is 1.39. The van der Waals surface area contributed by atoms with E-state index in [4.69, 9.17) is 5.73 Å². The summed E-state index contributed by atoms with van der Waals surface area (Å²) in [5.74, 6) is 1.30. The van der Waals surface area contributed by atoms with Crippen molar-refractivity contribution < 1.29 is 0 Å². The van der Waals surface area contributed by atoms with Crippen molar-refractivity contribution >= 4 is 5.82 Å². The van der Waals surface area contributed by atoms with Gasteiger partial charge in [0.15, 0.2) is 0 Å². The molecule has 70 valence electrons. The standard InChI is InChI=1S/C8H13N5/c9-7-1-2-12-8(13-7)6-5-10-3-4-11-6/h1-2,6,10-11H,3-5H2,(H2,9,12,13). The normalized spacial score (nSPS) is 22.9. The van der Waals surface area contributed by atoms with Gasteiger partial charge < -0.3 is 16.4 Å². The maximum atomic E-state index is 5.57. The number of piperazine rings is 1. The van der Waals surface area contributed by atoms with Gasteiger partial charge in [0.05, 0.1) is 6.04 Å². The highest BCUT2D eigenvalue weighted by molar-refractivity contribution is 5.25. The van der Waals surface area contributed by atoms with Crippen LogP contribution in [0.15, 0.2) is 12.3 Å². The van der Waals surface area contributed by atoms with Crippen LogP contribution in [0.3, 0.4) is 0 Å². The van der Waals surface area contributed by atoms with Gasteiger partial charge in [-0.25, -0.2) is 9.97 Å². The first kappa shape index (κ1) is 8.40. The van der Waals surface area contributed by atoms with Gasteiger partial charge in [-0.05, 0) is 6.07 Å². The average Bonchev–Trinajstić information content (AvgIpc) is 2.19. The molecule has 1 aliphatic heterocycles. The second-order valence-electron chi connectivity index (χ2n) is 3.05. The van der Waals surface area contributed by atoms with Crippen LogP contribution in [0.5, 0.6) is 0 Å². The van der Waals surface area contributed by atoms with Crippen LogP contribution in [0.25, 0.3) is 0 Å². The molecule has 4 N–H and O–H groups in total. The van der Waals surface area contributed by atoms with Crippen LogP contribution >= 0.6 is 0 Å². The van der Waals surface area contributed by atoms with Crippen molar-refractivity contribution in [1.29, 1.82) is 0 Å². The Morgan fingerprint density at radius 3 is 3.08 bits per heavy atom. The van der Waals surface area contributed by atoms with Crippen LogP contribution in [0, 0.1) is 0 Å². The van der Waals surface area contributed by atoms with Crippen molar-refractivity contribution in [2.24, 2.45) is 0 Å². The number of hydrogen-bond acceptors (Lipinski definition) is 5. The molecule has 1 aromatic heterocycles. The molecule has 1 aromatic rings. The molecule has 0 bridgehead atoms. The number of anilines is 1. The van der Waals surface area contributed by atoms with Crippen LogP contribution in [-0.4, -0.2) is 29.6 Å². The van der Waals surface area contributed by atoms with Gasteiger partial charge in [-0.3, -0.25) is 0 Å². The zero-order valence-electron chi connectivity index (χ0n) is 7.33. The minimum absolute atomic E-state index is 0.192. The Bertz CT molecular complexity index is 282. The van der Waals surface area contributed by atoms with Crippen molar-refractivity contribution in [1.82, 2.24) is 20.6 Å². The molecule has 1 unspecified atom stereocenters. The van der Waals surface area contributed by atoms with Gasteiger partial charge in [0, 0.05) is 25.8 Å². The third-order valence-corrected chi connectivity index (χ3v) is 2.05. The molecule has 0 aliphatic carbocycles. The first-order valence-electron chi connectivity index (χ1n) is 4.39. The number of nitrogens with one attached hydrogen (secondary N) is 2. The summed E-state index contributed by atoms with van der Waals surface area (Å²) in [5, 5.41) is 6.59. The average molecular weight is 179 g/mol. The maximum Gasteiger partial charge on any atom is 0.148 e. The molecule has 5 nitrogen and oxygen atoms in total. The van der Waals surface area contributed by atoms with Crippen LogP contribution in [0.1, 0.15) is 11.9 Å². The minimum Gasteiger partial charge on any atom is -0.384 e. The van der Waals surface area contributed by atoms with E-state index >= 15 is 0 Å². The van der Waals surface area contributed by atoms with E-state index in [0.29, 0.717) is 5.82 Å². The van der Waals surface area contributed by atoms with Crippen LogP contribution in [0.4, 0.5) is 5.82 Å². The van der Waals surface area contributed by atoms with Gasteiger partial charge in [-0.1, -0.05) is 0 Å². The zero-order valence-corrected chi connectivity index (χ0v) is 7.33. The van der Waals surface area contributed by atoms with Crippen LogP contribution < -0.4 is 16.4 Å². The summed E-state index contributed by atoms with van der Waals surface area (Å²) in [6.07, 6.45) is 1.69. The van der Waals surface area contributed by atoms with E-state index in [2.05, 4.69) is 20.6 Å². The Morgan fingerprint density at radius 1 is 1.46 bits per heavy atom. The summed E-state index contributed by atoms with van der Waals surface area (Å²) in [4.78, 5) is 8.33. The molecule has 2 heterocycles. The SMILES string of the molecule is Nc1ccnc(C2CNCCN2)n1. The smallest absolute Gasteiger partial charge is 0.148 e. The van der Waals surface area contributed by atoms with Gasteiger partial charge in [0.25, 0.3) is 0 Å². The maximum absolute atomic E-state index is 5.57. The summed E-state index contributed by atoms with van der Waals surface area (Å²) in [6, 6.07) is 1.89. The quantitative estimate of drug-likeness (QED) is 0.531. The molecule has 1 aliphatic rings. The molecule has 0 saturated carbocycles. The summed E-state index contributed by atoms with van der Waals surface area (Å²) in [5.41, 5.74) is 5.57.